The highest BCUT2D eigenvalue weighted by molar-refractivity contribution is 14.1. The zero-order valence-corrected chi connectivity index (χ0v) is 18.7. The van der Waals surface area contributed by atoms with Crippen molar-refractivity contribution >= 4 is 34.4 Å². The van der Waals surface area contributed by atoms with Crippen molar-refractivity contribution in [2.45, 2.75) is 45.8 Å². The molecule has 0 fully saturated rings. The van der Waals surface area contributed by atoms with Crippen LogP contribution in [0.2, 0.25) is 0 Å². The molecule has 0 aromatic heterocycles. The molecular formula is C22H27IN2O3. The highest BCUT2D eigenvalue weighted by Crippen LogP contribution is 2.16. The first-order valence-corrected chi connectivity index (χ1v) is 10.5. The minimum Gasteiger partial charge on any atom is -0.484 e. The maximum atomic E-state index is 13.0. The number of nitrogens with zero attached hydrogens (tertiary/aromatic N) is 1. The summed E-state index contributed by atoms with van der Waals surface area (Å²) in [7, 11) is 0. The molecule has 5 nitrogen and oxygen atoms in total. The third kappa shape index (κ3) is 6.82. The second kappa shape index (κ2) is 11.0. The Morgan fingerprint density at radius 1 is 1.07 bits per heavy atom. The summed E-state index contributed by atoms with van der Waals surface area (Å²) in [5.41, 5.74) is 0.973. The Morgan fingerprint density at radius 3 is 2.29 bits per heavy atom. The van der Waals surface area contributed by atoms with E-state index in [-0.39, 0.29) is 24.5 Å². The lowest BCUT2D eigenvalue weighted by Gasteiger charge is -2.31. The van der Waals surface area contributed by atoms with Crippen LogP contribution < -0.4 is 10.1 Å². The molecule has 28 heavy (non-hydrogen) atoms. The Kier molecular flexibility index (Phi) is 8.76. The van der Waals surface area contributed by atoms with Crippen LogP contribution in [-0.2, 0) is 16.1 Å². The van der Waals surface area contributed by atoms with Crippen molar-refractivity contribution in [3.8, 4) is 5.75 Å². The molecule has 1 atom stereocenters. The number of ether oxygens (including phenoxy) is 1. The van der Waals surface area contributed by atoms with Crippen molar-refractivity contribution in [2.75, 3.05) is 6.61 Å². The molecule has 0 unspecified atom stereocenters. The van der Waals surface area contributed by atoms with E-state index in [1.807, 2.05) is 75.4 Å². The van der Waals surface area contributed by atoms with Crippen LogP contribution in [0.15, 0.2) is 54.6 Å². The van der Waals surface area contributed by atoms with Crippen molar-refractivity contribution in [3.05, 3.63) is 63.7 Å². The van der Waals surface area contributed by atoms with Gasteiger partial charge in [0.15, 0.2) is 6.61 Å². The number of rotatable bonds is 9. The van der Waals surface area contributed by atoms with Gasteiger partial charge in [0, 0.05) is 16.2 Å². The molecule has 0 saturated carbocycles. The molecule has 0 radical (unpaired) electrons. The number of hydrogen-bond acceptors (Lipinski definition) is 3. The van der Waals surface area contributed by atoms with Gasteiger partial charge in [-0.25, -0.2) is 0 Å². The first-order valence-electron chi connectivity index (χ1n) is 9.42. The molecule has 0 aliphatic heterocycles. The molecule has 2 aromatic rings. The zero-order chi connectivity index (χ0) is 20.5. The van der Waals surface area contributed by atoms with Crippen molar-refractivity contribution in [2.24, 2.45) is 0 Å². The highest BCUT2D eigenvalue weighted by atomic mass is 127. The molecule has 2 rings (SSSR count). The van der Waals surface area contributed by atoms with Crippen molar-refractivity contribution in [1.82, 2.24) is 10.2 Å². The molecule has 1 N–H and O–H groups in total. The van der Waals surface area contributed by atoms with Gasteiger partial charge in [0.1, 0.15) is 11.8 Å². The molecule has 0 spiro atoms. The molecule has 150 valence electrons. The first kappa shape index (κ1) is 22.2. The fourth-order valence-corrected chi connectivity index (χ4v) is 3.20. The van der Waals surface area contributed by atoms with E-state index in [1.54, 1.807) is 4.90 Å². The monoisotopic (exact) mass is 494 g/mol. The summed E-state index contributed by atoms with van der Waals surface area (Å²) < 4.78 is 6.77. The van der Waals surface area contributed by atoms with Gasteiger partial charge in [-0.2, -0.15) is 0 Å². The van der Waals surface area contributed by atoms with Crippen LogP contribution in [0.1, 0.15) is 32.8 Å². The Morgan fingerprint density at radius 2 is 1.71 bits per heavy atom. The Hall–Kier alpha value is -2.09. The second-order valence-corrected chi connectivity index (χ2v) is 8.08. The lowest BCUT2D eigenvalue weighted by molar-refractivity contribution is -0.143. The van der Waals surface area contributed by atoms with Gasteiger partial charge in [0.2, 0.25) is 5.91 Å². The van der Waals surface area contributed by atoms with Crippen LogP contribution in [0.4, 0.5) is 0 Å². The smallest absolute Gasteiger partial charge is 0.261 e. The Bertz CT molecular complexity index is 763. The third-order valence-electron chi connectivity index (χ3n) is 4.19. The lowest BCUT2D eigenvalue weighted by Crippen LogP contribution is -2.51. The van der Waals surface area contributed by atoms with Crippen molar-refractivity contribution in [1.29, 1.82) is 0 Å². The fraction of sp³-hybridized carbons (Fsp3) is 0.364. The van der Waals surface area contributed by atoms with Crippen LogP contribution >= 0.6 is 22.6 Å². The highest BCUT2D eigenvalue weighted by Gasteiger charge is 2.29. The van der Waals surface area contributed by atoms with Crippen LogP contribution in [0.25, 0.3) is 0 Å². The fourth-order valence-electron chi connectivity index (χ4n) is 2.84. The summed E-state index contributed by atoms with van der Waals surface area (Å²) in [5, 5.41) is 2.92. The molecule has 6 heteroatoms. The van der Waals surface area contributed by atoms with E-state index in [0.29, 0.717) is 18.7 Å². The molecule has 0 bridgehead atoms. The minimum absolute atomic E-state index is 0.0123. The van der Waals surface area contributed by atoms with Crippen LogP contribution in [0.5, 0.6) is 5.75 Å². The maximum Gasteiger partial charge on any atom is 0.261 e. The predicted octanol–water partition coefficient (Wildman–Crippen LogP) is 4.00. The number of carbonyl (C=O) groups is 2. The van der Waals surface area contributed by atoms with Gasteiger partial charge in [-0.15, -0.1) is 0 Å². The molecule has 0 heterocycles. The summed E-state index contributed by atoms with van der Waals surface area (Å²) in [5.74, 6) is 0.275. The zero-order valence-electron chi connectivity index (χ0n) is 16.5. The number of nitrogens with one attached hydrogen (secondary N) is 1. The summed E-state index contributed by atoms with van der Waals surface area (Å²) in [6.07, 6.45) is 0.528. The number of carbonyl (C=O) groups excluding carboxylic acids is 2. The van der Waals surface area contributed by atoms with Crippen LogP contribution in [-0.4, -0.2) is 35.4 Å². The Labute approximate surface area is 180 Å². The van der Waals surface area contributed by atoms with Gasteiger partial charge in [-0.1, -0.05) is 37.3 Å². The van der Waals surface area contributed by atoms with E-state index >= 15 is 0 Å². The van der Waals surface area contributed by atoms with Gasteiger partial charge in [0.25, 0.3) is 5.91 Å². The third-order valence-corrected chi connectivity index (χ3v) is 4.91. The predicted molar refractivity (Wildman–Crippen MR) is 119 cm³/mol. The van der Waals surface area contributed by atoms with Gasteiger partial charge in [-0.05, 0) is 72.7 Å². The molecule has 0 aliphatic carbocycles. The number of benzene rings is 2. The molecule has 2 aromatic carbocycles. The summed E-state index contributed by atoms with van der Waals surface area (Å²) in [6, 6.07) is 16.7. The van der Waals surface area contributed by atoms with Gasteiger partial charge in [0.05, 0.1) is 0 Å². The largest absolute Gasteiger partial charge is 0.484 e. The Balaban J connectivity index is 2.16. The first-order chi connectivity index (χ1) is 13.4. The minimum atomic E-state index is -0.546. The van der Waals surface area contributed by atoms with Crippen molar-refractivity contribution < 1.29 is 14.3 Å². The average molecular weight is 494 g/mol. The standard InChI is InChI=1S/C22H27IN2O3/c1-4-20(22(27)24-16(2)3)25(14-17-8-6-5-7-9-17)21(26)15-28-19-12-10-18(23)11-13-19/h5-13,16,20H,4,14-15H2,1-3H3,(H,24,27)/t20-/m0/s1. The summed E-state index contributed by atoms with van der Waals surface area (Å²) >= 11 is 2.22. The summed E-state index contributed by atoms with van der Waals surface area (Å²) in [6.45, 7) is 5.98. The van der Waals surface area contributed by atoms with Crippen LogP contribution in [0, 0.1) is 3.57 Å². The normalized spacial score (nSPS) is 11.8. The number of amides is 2. The molecule has 0 saturated heterocycles. The van der Waals surface area contributed by atoms with Gasteiger partial charge >= 0.3 is 0 Å². The van der Waals surface area contributed by atoms with E-state index in [4.69, 9.17) is 4.74 Å². The maximum absolute atomic E-state index is 13.0. The summed E-state index contributed by atoms with van der Waals surface area (Å²) in [4.78, 5) is 27.3. The van der Waals surface area contributed by atoms with Crippen molar-refractivity contribution in [3.63, 3.8) is 0 Å². The topological polar surface area (TPSA) is 58.6 Å². The van der Waals surface area contributed by atoms with Gasteiger partial charge < -0.3 is 15.0 Å². The van der Waals surface area contributed by atoms with E-state index in [9.17, 15) is 9.59 Å². The molecule has 2 amide bonds. The quantitative estimate of drug-likeness (QED) is 0.537. The lowest BCUT2D eigenvalue weighted by atomic mass is 10.1. The van der Waals surface area contributed by atoms with Crippen LogP contribution in [0.3, 0.4) is 0 Å². The number of hydrogen-bond donors (Lipinski definition) is 1. The SMILES string of the molecule is CC[C@@H](C(=O)NC(C)C)N(Cc1ccccc1)C(=O)COc1ccc(I)cc1. The van der Waals surface area contributed by atoms with Gasteiger partial charge in [-0.3, -0.25) is 9.59 Å². The average Bonchev–Trinajstić information content (AvgIpc) is 2.67. The molecular weight excluding hydrogens is 467 g/mol. The van der Waals surface area contributed by atoms with E-state index in [2.05, 4.69) is 27.9 Å². The molecule has 0 aliphatic rings. The number of halogens is 1. The van der Waals surface area contributed by atoms with E-state index < -0.39 is 6.04 Å². The van der Waals surface area contributed by atoms with E-state index in [1.165, 1.54) is 0 Å². The van der Waals surface area contributed by atoms with E-state index in [0.717, 1.165) is 9.13 Å². The second-order valence-electron chi connectivity index (χ2n) is 6.84.